The molecule has 1 aliphatic rings. The van der Waals surface area contributed by atoms with Gasteiger partial charge in [-0.3, -0.25) is 9.69 Å². The lowest BCUT2D eigenvalue weighted by Gasteiger charge is -2.14. The lowest BCUT2D eigenvalue weighted by atomic mass is 10.2. The fourth-order valence-electron chi connectivity index (χ4n) is 2.46. The number of thiocarbonyl (C=S) groups is 1. The lowest BCUT2D eigenvalue weighted by molar-refractivity contribution is -0.113. The third-order valence-corrected chi connectivity index (χ3v) is 5.61. The molecule has 0 saturated carbocycles. The Morgan fingerprint density at radius 2 is 1.93 bits per heavy atom. The maximum Gasteiger partial charge on any atom is 0.306 e. The van der Waals surface area contributed by atoms with E-state index in [4.69, 9.17) is 32.7 Å². The fraction of sp³-hybridized carbons (Fsp3) is 0.111. The van der Waals surface area contributed by atoms with Crippen molar-refractivity contribution >= 4 is 67.7 Å². The van der Waals surface area contributed by atoms with Gasteiger partial charge in [-0.15, -0.1) is 0 Å². The third kappa shape index (κ3) is 4.67. The summed E-state index contributed by atoms with van der Waals surface area (Å²) < 4.78 is 33.1. The number of carbonyl (C=O) groups excluding carboxylic acids is 1. The van der Waals surface area contributed by atoms with Gasteiger partial charge in [-0.25, -0.2) is 0 Å². The molecule has 0 atom stereocenters. The molecule has 1 saturated heterocycles. The Bertz CT molecular complexity index is 1100. The van der Waals surface area contributed by atoms with E-state index < -0.39 is 10.1 Å². The summed E-state index contributed by atoms with van der Waals surface area (Å²) >= 11 is 12.5. The van der Waals surface area contributed by atoms with Crippen molar-refractivity contribution in [2.24, 2.45) is 0 Å². The number of anilines is 1. The first kappa shape index (κ1) is 20.7. The predicted octanol–water partition coefficient (Wildman–Crippen LogP) is 4.09. The highest BCUT2D eigenvalue weighted by Gasteiger charge is 2.33. The second-order valence-electron chi connectivity index (χ2n) is 5.69. The molecule has 0 radical (unpaired) electrons. The number of thioether (sulfide) groups is 1. The number of benzene rings is 2. The van der Waals surface area contributed by atoms with Gasteiger partial charge in [-0.05, 0) is 42.0 Å². The van der Waals surface area contributed by atoms with Gasteiger partial charge in [0.1, 0.15) is 0 Å². The molecule has 3 rings (SSSR count). The van der Waals surface area contributed by atoms with Crippen LogP contribution in [-0.2, 0) is 14.9 Å². The van der Waals surface area contributed by atoms with E-state index in [-0.39, 0.29) is 17.4 Å². The lowest BCUT2D eigenvalue weighted by Crippen LogP contribution is -2.27. The normalized spacial score (nSPS) is 16.0. The second-order valence-corrected chi connectivity index (χ2v) is 9.38. The van der Waals surface area contributed by atoms with E-state index >= 15 is 0 Å². The minimum atomic E-state index is -3.69. The Balaban J connectivity index is 1.91. The van der Waals surface area contributed by atoms with Crippen LogP contribution in [-0.4, -0.2) is 32.0 Å². The van der Waals surface area contributed by atoms with Crippen LogP contribution < -0.4 is 13.8 Å². The molecule has 0 unspecified atom stereocenters. The van der Waals surface area contributed by atoms with Gasteiger partial charge in [0.05, 0.1) is 24.0 Å². The van der Waals surface area contributed by atoms with Gasteiger partial charge in [-0.1, -0.05) is 47.7 Å². The molecule has 146 valence electrons. The molecule has 6 nitrogen and oxygen atoms in total. The van der Waals surface area contributed by atoms with Crippen molar-refractivity contribution < 1.29 is 22.1 Å². The highest BCUT2D eigenvalue weighted by atomic mass is 35.5. The van der Waals surface area contributed by atoms with Crippen LogP contribution >= 0.6 is 35.6 Å². The standard InChI is InChI=1S/C18H14ClNO5S3/c1-24-15-8-11(6-7-14(15)25-28(2,22)23)9-16-17(21)20(18(26)27-16)13-5-3-4-12(19)10-13/h3-10H,1-2H3/b16-9-. The molecule has 0 aliphatic carbocycles. The molecule has 1 fully saturated rings. The number of halogens is 1. The van der Waals surface area contributed by atoms with Crippen LogP contribution in [0.15, 0.2) is 47.4 Å². The Hall–Kier alpha value is -2.07. The highest BCUT2D eigenvalue weighted by Crippen LogP contribution is 2.37. The SMILES string of the molecule is COc1cc(/C=C2\SC(=S)N(c3cccc(Cl)c3)C2=O)ccc1OS(C)(=O)=O. The molecule has 0 spiro atoms. The zero-order valence-corrected chi connectivity index (χ0v) is 17.9. The molecule has 0 aromatic heterocycles. The first-order chi connectivity index (χ1) is 13.2. The molecule has 10 heteroatoms. The fourth-order valence-corrected chi connectivity index (χ4v) is 4.41. The maximum absolute atomic E-state index is 12.8. The maximum atomic E-state index is 12.8. The second kappa shape index (κ2) is 8.12. The zero-order valence-electron chi connectivity index (χ0n) is 14.7. The summed E-state index contributed by atoms with van der Waals surface area (Å²) in [5.74, 6) is 0.0193. The summed E-state index contributed by atoms with van der Waals surface area (Å²) in [5.41, 5.74) is 1.22. The molecular formula is C18H14ClNO5S3. The zero-order chi connectivity index (χ0) is 20.5. The van der Waals surface area contributed by atoms with Crippen LogP contribution in [0.25, 0.3) is 6.08 Å². The van der Waals surface area contributed by atoms with E-state index in [2.05, 4.69) is 0 Å². The van der Waals surface area contributed by atoms with Gasteiger partial charge < -0.3 is 8.92 Å². The first-order valence-electron chi connectivity index (χ1n) is 7.79. The van der Waals surface area contributed by atoms with Crippen molar-refractivity contribution in [3.63, 3.8) is 0 Å². The van der Waals surface area contributed by atoms with Crippen LogP contribution in [0, 0.1) is 0 Å². The third-order valence-electron chi connectivity index (χ3n) is 3.59. The molecule has 1 amide bonds. The summed E-state index contributed by atoms with van der Waals surface area (Å²) in [6.45, 7) is 0. The Morgan fingerprint density at radius 3 is 2.57 bits per heavy atom. The Labute approximate surface area is 177 Å². The molecule has 1 heterocycles. The first-order valence-corrected chi connectivity index (χ1v) is 11.2. The topological polar surface area (TPSA) is 72.9 Å². The van der Waals surface area contributed by atoms with Crippen LogP contribution in [0.1, 0.15) is 5.56 Å². The number of carbonyl (C=O) groups is 1. The van der Waals surface area contributed by atoms with Gasteiger partial charge in [0.15, 0.2) is 15.8 Å². The quantitative estimate of drug-likeness (QED) is 0.382. The van der Waals surface area contributed by atoms with Crippen molar-refractivity contribution in [3.8, 4) is 11.5 Å². The van der Waals surface area contributed by atoms with Crippen molar-refractivity contribution in [2.45, 2.75) is 0 Å². The molecule has 28 heavy (non-hydrogen) atoms. The van der Waals surface area contributed by atoms with E-state index in [0.29, 0.717) is 25.5 Å². The van der Waals surface area contributed by atoms with E-state index in [0.717, 1.165) is 18.0 Å². The van der Waals surface area contributed by atoms with E-state index in [1.807, 2.05) is 0 Å². The number of amides is 1. The Morgan fingerprint density at radius 1 is 1.18 bits per heavy atom. The van der Waals surface area contributed by atoms with E-state index in [1.54, 1.807) is 42.5 Å². The van der Waals surface area contributed by atoms with Crippen LogP contribution in [0.3, 0.4) is 0 Å². The Kier molecular flexibility index (Phi) is 5.99. The van der Waals surface area contributed by atoms with Gasteiger partial charge in [0.25, 0.3) is 5.91 Å². The number of nitrogens with zero attached hydrogens (tertiary/aromatic N) is 1. The van der Waals surface area contributed by atoms with Crippen LogP contribution in [0.4, 0.5) is 5.69 Å². The van der Waals surface area contributed by atoms with Crippen molar-refractivity contribution in [1.29, 1.82) is 0 Å². The summed E-state index contributed by atoms with van der Waals surface area (Å²) in [6.07, 6.45) is 2.60. The van der Waals surface area contributed by atoms with E-state index in [9.17, 15) is 13.2 Å². The summed E-state index contributed by atoms with van der Waals surface area (Å²) in [5, 5.41) is 0.502. The number of hydrogen-bond donors (Lipinski definition) is 0. The predicted molar refractivity (Wildman–Crippen MR) is 116 cm³/mol. The van der Waals surface area contributed by atoms with Crippen molar-refractivity contribution in [3.05, 3.63) is 58.0 Å². The average molecular weight is 456 g/mol. The molecule has 0 N–H and O–H groups in total. The molecule has 2 aromatic rings. The summed E-state index contributed by atoms with van der Waals surface area (Å²) in [7, 11) is -2.30. The van der Waals surface area contributed by atoms with Gasteiger partial charge >= 0.3 is 10.1 Å². The molecule has 0 bridgehead atoms. The van der Waals surface area contributed by atoms with Crippen molar-refractivity contribution in [2.75, 3.05) is 18.3 Å². The van der Waals surface area contributed by atoms with E-state index in [1.165, 1.54) is 18.1 Å². The van der Waals surface area contributed by atoms with Gasteiger partial charge in [0.2, 0.25) is 0 Å². The minimum absolute atomic E-state index is 0.0635. The largest absolute Gasteiger partial charge is 0.493 e. The molecule has 1 aliphatic heterocycles. The number of methoxy groups -OCH3 is 1. The van der Waals surface area contributed by atoms with Gasteiger partial charge in [0, 0.05) is 5.02 Å². The molecular weight excluding hydrogens is 442 g/mol. The van der Waals surface area contributed by atoms with Crippen LogP contribution in [0.5, 0.6) is 11.5 Å². The smallest absolute Gasteiger partial charge is 0.306 e. The van der Waals surface area contributed by atoms with Crippen molar-refractivity contribution in [1.82, 2.24) is 0 Å². The molecule has 2 aromatic carbocycles. The minimum Gasteiger partial charge on any atom is -0.493 e. The average Bonchev–Trinajstić information content (AvgIpc) is 2.88. The highest BCUT2D eigenvalue weighted by molar-refractivity contribution is 8.27. The summed E-state index contributed by atoms with van der Waals surface area (Å²) in [6, 6.07) is 11.5. The monoisotopic (exact) mass is 455 g/mol. The number of ether oxygens (including phenoxy) is 1. The summed E-state index contributed by atoms with van der Waals surface area (Å²) in [4.78, 5) is 14.6. The number of rotatable bonds is 5. The van der Waals surface area contributed by atoms with Gasteiger partial charge in [-0.2, -0.15) is 8.42 Å². The van der Waals surface area contributed by atoms with Crippen LogP contribution in [0.2, 0.25) is 5.02 Å². The number of hydrogen-bond acceptors (Lipinski definition) is 7.